The minimum absolute atomic E-state index is 0.977. The third-order valence-electron chi connectivity index (χ3n) is 4.79. The Kier molecular flexibility index (Phi) is 11.5. The summed E-state index contributed by atoms with van der Waals surface area (Å²) in [5.74, 6) is 0. The molecule has 0 radical (unpaired) electrons. The molecular weight excluding hydrogens is 316 g/mol. The Morgan fingerprint density at radius 2 is 1.00 bits per heavy atom. The van der Waals surface area contributed by atoms with Gasteiger partial charge in [0.15, 0.2) is 0 Å². The number of hydrogen-bond donors (Lipinski definition) is 2. The molecule has 0 spiro atoms. The standard InChI is InChI=1S/C24H36N2/c1(3-7-14-23-15-8-5-9-16-23)2-4-12-19-25-20-13-21-26-22-24-17-10-6-11-18-24/h5-6,8-11,15-18,25-26H,1-4,7,12-14,19-22H2. The largest absolute Gasteiger partial charge is 0.317 e. The van der Waals surface area contributed by atoms with Crippen LogP contribution in [0.5, 0.6) is 0 Å². The molecule has 2 rings (SSSR count). The van der Waals surface area contributed by atoms with E-state index in [1.165, 1.54) is 69.0 Å². The van der Waals surface area contributed by atoms with E-state index in [1.807, 2.05) is 0 Å². The van der Waals surface area contributed by atoms with Gasteiger partial charge in [-0.2, -0.15) is 0 Å². The topological polar surface area (TPSA) is 24.1 Å². The lowest BCUT2D eigenvalue weighted by atomic mass is 10.1. The van der Waals surface area contributed by atoms with Crippen LogP contribution in [0.25, 0.3) is 0 Å². The molecule has 0 heterocycles. The van der Waals surface area contributed by atoms with Crippen LogP contribution in [0.2, 0.25) is 0 Å². The first-order valence-electron chi connectivity index (χ1n) is 10.4. The third kappa shape index (κ3) is 10.4. The van der Waals surface area contributed by atoms with E-state index in [0.717, 1.165) is 19.6 Å². The maximum atomic E-state index is 3.57. The van der Waals surface area contributed by atoms with E-state index in [-0.39, 0.29) is 0 Å². The summed E-state index contributed by atoms with van der Waals surface area (Å²) in [6.07, 6.45) is 10.6. The Morgan fingerprint density at radius 1 is 0.462 bits per heavy atom. The van der Waals surface area contributed by atoms with E-state index >= 15 is 0 Å². The average molecular weight is 353 g/mol. The molecule has 0 aliphatic carbocycles. The third-order valence-corrected chi connectivity index (χ3v) is 4.79. The zero-order chi connectivity index (χ0) is 18.1. The van der Waals surface area contributed by atoms with Crippen molar-refractivity contribution in [2.75, 3.05) is 19.6 Å². The molecular formula is C24H36N2. The Hall–Kier alpha value is -1.64. The zero-order valence-electron chi connectivity index (χ0n) is 16.3. The maximum absolute atomic E-state index is 3.57. The van der Waals surface area contributed by atoms with Gasteiger partial charge in [0.05, 0.1) is 0 Å². The lowest BCUT2D eigenvalue weighted by molar-refractivity contribution is 0.549. The molecule has 0 bridgehead atoms. The van der Waals surface area contributed by atoms with Crippen LogP contribution < -0.4 is 10.6 Å². The summed E-state index contributed by atoms with van der Waals surface area (Å²) >= 11 is 0. The fourth-order valence-corrected chi connectivity index (χ4v) is 3.22. The van der Waals surface area contributed by atoms with E-state index in [4.69, 9.17) is 0 Å². The van der Waals surface area contributed by atoms with Gasteiger partial charge >= 0.3 is 0 Å². The van der Waals surface area contributed by atoms with Gasteiger partial charge in [-0.1, -0.05) is 86.3 Å². The van der Waals surface area contributed by atoms with Crippen molar-refractivity contribution in [1.29, 1.82) is 0 Å². The van der Waals surface area contributed by atoms with Gasteiger partial charge < -0.3 is 10.6 Å². The summed E-state index contributed by atoms with van der Waals surface area (Å²) in [6, 6.07) is 21.5. The van der Waals surface area contributed by atoms with Gasteiger partial charge in [-0.3, -0.25) is 0 Å². The fourth-order valence-electron chi connectivity index (χ4n) is 3.22. The summed E-state index contributed by atoms with van der Waals surface area (Å²) in [6.45, 7) is 4.36. The molecule has 0 saturated carbocycles. The van der Waals surface area contributed by atoms with E-state index in [1.54, 1.807) is 0 Å². The van der Waals surface area contributed by atoms with Crippen molar-refractivity contribution in [1.82, 2.24) is 10.6 Å². The summed E-state index contributed by atoms with van der Waals surface area (Å²) in [4.78, 5) is 0. The second-order valence-corrected chi connectivity index (χ2v) is 7.12. The molecule has 142 valence electrons. The molecule has 0 aliphatic heterocycles. The number of nitrogens with one attached hydrogen (secondary N) is 2. The molecule has 0 amide bonds. The number of benzene rings is 2. The Labute approximate surface area is 160 Å². The van der Waals surface area contributed by atoms with Gasteiger partial charge in [-0.25, -0.2) is 0 Å². The quantitative estimate of drug-likeness (QED) is 0.423. The van der Waals surface area contributed by atoms with Crippen LogP contribution in [0.3, 0.4) is 0 Å². The van der Waals surface area contributed by atoms with Crippen molar-refractivity contribution in [2.45, 2.75) is 57.9 Å². The zero-order valence-corrected chi connectivity index (χ0v) is 16.3. The maximum Gasteiger partial charge on any atom is 0.0205 e. The van der Waals surface area contributed by atoms with Crippen molar-refractivity contribution in [2.24, 2.45) is 0 Å². The first kappa shape index (κ1) is 20.7. The summed E-state index contributed by atoms with van der Waals surface area (Å²) in [7, 11) is 0. The first-order chi connectivity index (χ1) is 12.9. The van der Waals surface area contributed by atoms with Gasteiger partial charge in [-0.05, 0) is 56.4 Å². The monoisotopic (exact) mass is 352 g/mol. The smallest absolute Gasteiger partial charge is 0.0205 e. The second kappa shape index (κ2) is 14.5. The van der Waals surface area contributed by atoms with E-state index in [0.29, 0.717) is 0 Å². The molecule has 0 atom stereocenters. The van der Waals surface area contributed by atoms with Crippen LogP contribution in [0.4, 0.5) is 0 Å². The number of rotatable bonds is 15. The SMILES string of the molecule is c1ccc(CCCCCCCCNCCCNCc2ccccc2)cc1. The number of hydrogen-bond acceptors (Lipinski definition) is 2. The van der Waals surface area contributed by atoms with Gasteiger partial charge in [0, 0.05) is 6.54 Å². The summed E-state index contributed by atoms with van der Waals surface area (Å²) in [5, 5.41) is 7.07. The van der Waals surface area contributed by atoms with Crippen molar-refractivity contribution < 1.29 is 0 Å². The van der Waals surface area contributed by atoms with Crippen LogP contribution in [-0.2, 0) is 13.0 Å². The summed E-state index contributed by atoms with van der Waals surface area (Å²) < 4.78 is 0. The molecule has 26 heavy (non-hydrogen) atoms. The number of aryl methyl sites for hydroxylation is 1. The highest BCUT2D eigenvalue weighted by Crippen LogP contribution is 2.09. The van der Waals surface area contributed by atoms with Crippen LogP contribution in [0.1, 0.15) is 56.1 Å². The highest BCUT2D eigenvalue weighted by atomic mass is 14.9. The second-order valence-electron chi connectivity index (χ2n) is 7.12. The lowest BCUT2D eigenvalue weighted by Crippen LogP contribution is -2.22. The molecule has 2 nitrogen and oxygen atoms in total. The first-order valence-corrected chi connectivity index (χ1v) is 10.4. The molecule has 0 fully saturated rings. The van der Waals surface area contributed by atoms with Crippen molar-refractivity contribution in [3.63, 3.8) is 0 Å². The lowest BCUT2D eigenvalue weighted by Gasteiger charge is -2.07. The van der Waals surface area contributed by atoms with Gasteiger partial charge in [0.25, 0.3) is 0 Å². The highest BCUT2D eigenvalue weighted by molar-refractivity contribution is 5.15. The molecule has 0 unspecified atom stereocenters. The molecule has 2 heteroatoms. The van der Waals surface area contributed by atoms with Gasteiger partial charge in [-0.15, -0.1) is 0 Å². The van der Waals surface area contributed by atoms with Gasteiger partial charge in [0.1, 0.15) is 0 Å². The van der Waals surface area contributed by atoms with E-state index in [9.17, 15) is 0 Å². The number of unbranched alkanes of at least 4 members (excludes halogenated alkanes) is 5. The van der Waals surface area contributed by atoms with Crippen LogP contribution in [-0.4, -0.2) is 19.6 Å². The van der Waals surface area contributed by atoms with Crippen molar-refractivity contribution in [3.8, 4) is 0 Å². The Bertz CT molecular complexity index is 487. The minimum atomic E-state index is 0.977. The fraction of sp³-hybridized carbons (Fsp3) is 0.500. The normalized spacial score (nSPS) is 10.9. The molecule has 0 aliphatic rings. The Morgan fingerprint density at radius 3 is 1.73 bits per heavy atom. The molecule has 2 N–H and O–H groups in total. The molecule has 2 aromatic rings. The molecule has 0 saturated heterocycles. The highest BCUT2D eigenvalue weighted by Gasteiger charge is 1.95. The molecule has 2 aromatic carbocycles. The Balaban J connectivity index is 1.28. The summed E-state index contributed by atoms with van der Waals surface area (Å²) in [5.41, 5.74) is 2.85. The van der Waals surface area contributed by atoms with Crippen molar-refractivity contribution >= 4 is 0 Å². The molecule has 0 aromatic heterocycles. The predicted octanol–water partition coefficient (Wildman–Crippen LogP) is 5.34. The van der Waals surface area contributed by atoms with Crippen LogP contribution in [0, 0.1) is 0 Å². The van der Waals surface area contributed by atoms with Gasteiger partial charge in [0.2, 0.25) is 0 Å². The van der Waals surface area contributed by atoms with E-state index in [2.05, 4.69) is 71.3 Å². The van der Waals surface area contributed by atoms with E-state index < -0.39 is 0 Å². The van der Waals surface area contributed by atoms with Crippen LogP contribution in [0.15, 0.2) is 60.7 Å². The predicted molar refractivity (Wildman–Crippen MR) is 113 cm³/mol. The average Bonchev–Trinajstić information content (AvgIpc) is 2.70. The minimum Gasteiger partial charge on any atom is -0.317 e. The van der Waals surface area contributed by atoms with Crippen LogP contribution >= 0.6 is 0 Å². The van der Waals surface area contributed by atoms with Crippen molar-refractivity contribution in [3.05, 3.63) is 71.8 Å².